The molecule has 2 aliphatic heterocycles. The Kier molecular flexibility index (Phi) is 7.30. The minimum atomic E-state index is -3.84. The van der Waals surface area contributed by atoms with E-state index >= 15 is 0 Å². The van der Waals surface area contributed by atoms with Gasteiger partial charge in [-0.2, -0.15) is 0 Å². The minimum Gasteiger partial charge on any atom is -0.490 e. The van der Waals surface area contributed by atoms with Crippen molar-refractivity contribution in [2.45, 2.75) is 62.9 Å². The number of rotatable bonds is 1. The average Bonchev–Trinajstić information content (AvgIpc) is 3.78. The number of nitrogens with zero attached hydrogens (tertiary/aromatic N) is 1. The lowest BCUT2D eigenvalue weighted by molar-refractivity contribution is 0.0455. The molecule has 9 heteroatoms. The molecule has 3 aliphatic carbocycles. The third kappa shape index (κ3) is 5.46. The number of aryl methyl sites for hydroxylation is 1. The van der Waals surface area contributed by atoms with Crippen LogP contribution < -0.4 is 14.4 Å². The zero-order valence-electron chi connectivity index (χ0n) is 23.8. The number of anilines is 1. The molecule has 2 N–H and O–H groups in total. The lowest BCUT2D eigenvalue weighted by atomic mass is 9.68. The van der Waals surface area contributed by atoms with Crippen LogP contribution in [0.3, 0.4) is 0 Å². The van der Waals surface area contributed by atoms with E-state index in [1.165, 1.54) is 11.1 Å². The summed E-state index contributed by atoms with van der Waals surface area (Å²) in [5.41, 5.74) is 3.38. The monoisotopic (exact) mass is 610 g/mol. The quantitative estimate of drug-likeness (QED) is 0.429. The zero-order valence-corrected chi connectivity index (χ0v) is 25.4. The lowest BCUT2D eigenvalue weighted by Gasteiger charge is -2.45. The summed E-state index contributed by atoms with van der Waals surface area (Å²) in [7, 11) is -3.84. The number of carbonyl (C=O) groups is 1. The van der Waals surface area contributed by atoms with Gasteiger partial charge in [-0.25, -0.2) is 13.1 Å². The van der Waals surface area contributed by atoms with E-state index in [4.69, 9.17) is 16.3 Å². The Bertz CT molecular complexity index is 1520. The van der Waals surface area contributed by atoms with Crippen LogP contribution in [0.5, 0.6) is 5.75 Å². The molecular weight excluding hydrogens is 572 g/mol. The smallest absolute Gasteiger partial charge is 0.264 e. The molecule has 2 saturated carbocycles. The number of sulfonamides is 1. The fraction of sp³-hybridized carbons (Fsp3) is 0.545. The average molecular weight is 611 g/mol. The molecule has 1 unspecified atom stereocenters. The molecule has 0 aromatic heterocycles. The van der Waals surface area contributed by atoms with Crippen LogP contribution in [0.2, 0.25) is 5.02 Å². The first-order valence-electron chi connectivity index (χ1n) is 15.4. The lowest BCUT2D eigenvalue weighted by Crippen LogP contribution is -2.49. The number of nitrogens with one attached hydrogen (secondary N) is 1. The highest BCUT2D eigenvalue weighted by Crippen LogP contribution is 2.47. The third-order valence-corrected chi connectivity index (χ3v) is 12.0. The van der Waals surface area contributed by atoms with E-state index in [0.29, 0.717) is 42.7 Å². The largest absolute Gasteiger partial charge is 0.490 e. The van der Waals surface area contributed by atoms with Crippen LogP contribution in [-0.2, 0) is 21.9 Å². The summed E-state index contributed by atoms with van der Waals surface area (Å²) in [6, 6.07) is 11.4. The van der Waals surface area contributed by atoms with Crippen molar-refractivity contribution in [1.82, 2.24) is 4.72 Å². The van der Waals surface area contributed by atoms with Gasteiger partial charge in [-0.1, -0.05) is 29.8 Å². The minimum absolute atomic E-state index is 0.0655. The van der Waals surface area contributed by atoms with Crippen LogP contribution in [0, 0.1) is 23.7 Å². The highest BCUT2D eigenvalue weighted by atomic mass is 35.5. The second-order valence-corrected chi connectivity index (χ2v) is 15.5. The Morgan fingerprint density at radius 3 is 2.67 bits per heavy atom. The Hall–Kier alpha value is -2.55. The highest BCUT2D eigenvalue weighted by molar-refractivity contribution is 7.90. The van der Waals surface area contributed by atoms with Crippen molar-refractivity contribution in [2.24, 2.45) is 23.7 Å². The standard InChI is InChI=1S/C33H39ClN2O5S/c34-26-10-12-28-22(15-26)4-2-14-33(28)19-36-17-24-8-11-27(24)30(37)5-1-3-25(21-6-7-21)18-42(39,40)35-32(38)23-9-13-31(41-20-33)29(36)16-23/h1,5,9-10,12-13,15-16,21,24-25,27,30,37H,2-4,6-8,11,14,17-20H2,(H,35,38)/b5-1+/t24-,25?,27+,30-,33-/m0/s1. The van der Waals surface area contributed by atoms with Gasteiger partial charge in [-0.15, -0.1) is 0 Å². The van der Waals surface area contributed by atoms with Crippen LogP contribution in [0.4, 0.5) is 5.69 Å². The Morgan fingerprint density at radius 2 is 1.88 bits per heavy atom. The number of ether oxygens (including phenoxy) is 1. The van der Waals surface area contributed by atoms with Gasteiger partial charge in [0.15, 0.2) is 0 Å². The number of aliphatic hydroxyl groups is 1. The zero-order chi connectivity index (χ0) is 29.1. The Balaban J connectivity index is 1.27. The number of carbonyl (C=O) groups excluding carboxylic acids is 1. The van der Waals surface area contributed by atoms with Crippen LogP contribution in [0.15, 0.2) is 48.6 Å². The molecule has 1 spiro atoms. The molecule has 224 valence electrons. The molecule has 2 fully saturated rings. The first-order valence-corrected chi connectivity index (χ1v) is 17.4. The first kappa shape index (κ1) is 28.2. The van der Waals surface area contributed by atoms with Crippen molar-refractivity contribution < 1.29 is 23.1 Å². The van der Waals surface area contributed by atoms with Crippen LogP contribution in [0.25, 0.3) is 0 Å². The van der Waals surface area contributed by atoms with Crippen molar-refractivity contribution in [3.8, 4) is 5.75 Å². The van der Waals surface area contributed by atoms with Gasteiger partial charge in [0.1, 0.15) is 5.75 Å². The molecule has 0 radical (unpaired) electrons. The normalized spacial score (nSPS) is 33.3. The van der Waals surface area contributed by atoms with E-state index in [1.807, 2.05) is 18.2 Å². The SMILES string of the molecule is O=C1NS(=O)(=O)CC(C2CC2)C/C=C/[C@H](O)[C@@H]2CC[C@H]2CN2C[C@@]3(CCCc4cc(Cl)ccc43)COc3ccc1cc32. The Labute approximate surface area is 253 Å². The van der Waals surface area contributed by atoms with Gasteiger partial charge in [0, 0.05) is 29.1 Å². The van der Waals surface area contributed by atoms with E-state index in [9.17, 15) is 18.3 Å². The Morgan fingerprint density at radius 1 is 1.05 bits per heavy atom. The molecule has 2 bridgehead atoms. The predicted octanol–water partition coefficient (Wildman–Crippen LogP) is 5.25. The summed E-state index contributed by atoms with van der Waals surface area (Å²) >= 11 is 6.39. The van der Waals surface area contributed by atoms with Gasteiger partial charge in [0.25, 0.3) is 5.91 Å². The summed E-state index contributed by atoms with van der Waals surface area (Å²) in [6.07, 6.45) is 10.9. The number of benzene rings is 2. The number of hydrogen-bond donors (Lipinski definition) is 2. The molecule has 42 heavy (non-hydrogen) atoms. The maximum atomic E-state index is 13.3. The molecule has 1 amide bonds. The summed E-state index contributed by atoms with van der Waals surface area (Å²) < 4.78 is 35.1. The molecule has 7 rings (SSSR count). The number of aliphatic hydroxyl groups excluding tert-OH is 1. The second-order valence-electron chi connectivity index (χ2n) is 13.3. The van der Waals surface area contributed by atoms with Crippen molar-refractivity contribution in [2.75, 3.05) is 30.3 Å². The summed E-state index contributed by atoms with van der Waals surface area (Å²) in [5.74, 6) is 0.712. The van der Waals surface area contributed by atoms with Gasteiger partial charge in [0.2, 0.25) is 10.0 Å². The summed E-state index contributed by atoms with van der Waals surface area (Å²) in [4.78, 5) is 15.7. The number of fused-ring (bicyclic) bond motifs is 4. The van der Waals surface area contributed by atoms with E-state index < -0.39 is 22.0 Å². The molecule has 2 aromatic rings. The molecule has 7 nitrogen and oxygen atoms in total. The fourth-order valence-corrected chi connectivity index (χ4v) is 9.48. The highest BCUT2D eigenvalue weighted by Gasteiger charge is 2.44. The third-order valence-electron chi connectivity index (χ3n) is 10.4. The summed E-state index contributed by atoms with van der Waals surface area (Å²) in [5, 5.41) is 11.9. The van der Waals surface area contributed by atoms with E-state index in [0.717, 1.165) is 62.2 Å². The van der Waals surface area contributed by atoms with Crippen LogP contribution in [0.1, 0.15) is 66.4 Å². The number of amides is 1. The maximum absolute atomic E-state index is 13.3. The topological polar surface area (TPSA) is 95.9 Å². The van der Waals surface area contributed by atoms with Gasteiger partial charge < -0.3 is 14.7 Å². The van der Waals surface area contributed by atoms with E-state index in [2.05, 4.69) is 21.8 Å². The van der Waals surface area contributed by atoms with Gasteiger partial charge in [-0.3, -0.25) is 4.79 Å². The number of allylic oxidation sites excluding steroid dienone is 1. The fourth-order valence-electron chi connectivity index (χ4n) is 7.83. The van der Waals surface area contributed by atoms with Crippen molar-refractivity contribution >= 4 is 33.2 Å². The van der Waals surface area contributed by atoms with E-state index in [1.54, 1.807) is 18.2 Å². The number of hydrogen-bond acceptors (Lipinski definition) is 6. The van der Waals surface area contributed by atoms with Crippen molar-refractivity contribution in [3.05, 3.63) is 70.3 Å². The molecule has 0 saturated heterocycles. The molecule has 5 aliphatic rings. The predicted molar refractivity (Wildman–Crippen MR) is 164 cm³/mol. The van der Waals surface area contributed by atoms with Crippen LogP contribution >= 0.6 is 11.6 Å². The van der Waals surface area contributed by atoms with Crippen molar-refractivity contribution in [3.63, 3.8) is 0 Å². The molecule has 2 heterocycles. The molecule has 5 atom stereocenters. The van der Waals surface area contributed by atoms with E-state index in [-0.39, 0.29) is 23.0 Å². The summed E-state index contributed by atoms with van der Waals surface area (Å²) in [6.45, 7) is 1.94. The second kappa shape index (κ2) is 10.9. The maximum Gasteiger partial charge on any atom is 0.264 e. The van der Waals surface area contributed by atoms with Gasteiger partial charge >= 0.3 is 0 Å². The molecular formula is C33H39ClN2O5S. The van der Waals surface area contributed by atoms with Gasteiger partial charge in [-0.05, 0) is 116 Å². The number of halogens is 1. The van der Waals surface area contributed by atoms with Crippen LogP contribution in [-0.4, -0.2) is 51.0 Å². The first-order chi connectivity index (χ1) is 20.2. The molecule has 2 aromatic carbocycles. The van der Waals surface area contributed by atoms with Gasteiger partial charge in [0.05, 0.1) is 24.2 Å². The van der Waals surface area contributed by atoms with Crippen molar-refractivity contribution in [1.29, 1.82) is 0 Å².